The molecule has 0 amide bonds. The first-order valence-electron chi connectivity index (χ1n) is 8.24. The molecule has 0 spiro atoms. The summed E-state index contributed by atoms with van der Waals surface area (Å²) in [7, 11) is 1.67. The Morgan fingerprint density at radius 1 is 1.21 bits per heavy atom. The van der Waals surface area contributed by atoms with Gasteiger partial charge in [0.25, 0.3) is 0 Å². The van der Waals surface area contributed by atoms with Crippen LogP contribution in [0.5, 0.6) is 5.75 Å². The summed E-state index contributed by atoms with van der Waals surface area (Å²) < 4.78 is 7.21. The second-order valence-electron chi connectivity index (χ2n) is 6.17. The zero-order chi connectivity index (χ0) is 16.5. The van der Waals surface area contributed by atoms with Gasteiger partial charge < -0.3 is 15.4 Å². The highest BCUT2D eigenvalue weighted by Gasteiger charge is 2.20. The molecule has 1 fully saturated rings. The zero-order valence-corrected chi connectivity index (χ0v) is 13.7. The van der Waals surface area contributed by atoms with Gasteiger partial charge >= 0.3 is 0 Å². The standard InChI is InChI=1S/C18H21N5O/c1-24-15-4-2-3-13(11-15)16-12-17-18(20-7-10-23(17)21-16)22-8-5-14(19)6-9-22/h2-4,7,10-12,14H,5-6,8-9,19H2,1H3. The van der Waals surface area contributed by atoms with Crippen LogP contribution < -0.4 is 15.4 Å². The highest BCUT2D eigenvalue weighted by molar-refractivity contribution is 5.75. The smallest absolute Gasteiger partial charge is 0.154 e. The van der Waals surface area contributed by atoms with Gasteiger partial charge in [-0.2, -0.15) is 5.10 Å². The monoisotopic (exact) mass is 323 g/mol. The fourth-order valence-electron chi connectivity index (χ4n) is 3.19. The molecule has 2 N–H and O–H groups in total. The fraction of sp³-hybridized carbons (Fsp3) is 0.333. The number of benzene rings is 1. The van der Waals surface area contributed by atoms with Crippen LogP contribution in [0, 0.1) is 0 Å². The number of piperidine rings is 1. The molecule has 1 saturated heterocycles. The van der Waals surface area contributed by atoms with Crippen LogP contribution in [0.4, 0.5) is 5.82 Å². The van der Waals surface area contributed by atoms with Crippen molar-refractivity contribution in [3.8, 4) is 17.0 Å². The lowest BCUT2D eigenvalue weighted by molar-refractivity contribution is 0.415. The molecule has 0 unspecified atom stereocenters. The molecule has 0 aliphatic carbocycles. The molecule has 2 aromatic heterocycles. The maximum absolute atomic E-state index is 6.02. The first-order valence-corrected chi connectivity index (χ1v) is 8.24. The summed E-state index contributed by atoms with van der Waals surface area (Å²) in [5.41, 5.74) is 8.98. The van der Waals surface area contributed by atoms with Crippen molar-refractivity contribution in [2.75, 3.05) is 25.1 Å². The summed E-state index contributed by atoms with van der Waals surface area (Å²) in [5, 5.41) is 4.70. The van der Waals surface area contributed by atoms with Gasteiger partial charge in [0.15, 0.2) is 5.82 Å². The highest BCUT2D eigenvalue weighted by atomic mass is 16.5. The Kier molecular flexibility index (Phi) is 3.82. The lowest BCUT2D eigenvalue weighted by atomic mass is 10.1. The number of hydrogen-bond donors (Lipinski definition) is 1. The number of ether oxygens (including phenoxy) is 1. The average molecular weight is 323 g/mol. The topological polar surface area (TPSA) is 68.7 Å². The van der Waals surface area contributed by atoms with Crippen molar-refractivity contribution >= 4 is 11.3 Å². The molecule has 6 nitrogen and oxygen atoms in total. The summed E-state index contributed by atoms with van der Waals surface area (Å²) >= 11 is 0. The SMILES string of the molecule is COc1cccc(-c2cc3c(N4CCC(N)CC4)nccn3n2)c1. The maximum atomic E-state index is 6.02. The van der Waals surface area contributed by atoms with E-state index in [1.165, 1.54) is 0 Å². The molecule has 3 heterocycles. The summed E-state index contributed by atoms with van der Waals surface area (Å²) in [6, 6.07) is 10.3. The van der Waals surface area contributed by atoms with Crippen molar-refractivity contribution < 1.29 is 4.74 Å². The minimum atomic E-state index is 0.304. The third-order valence-corrected chi connectivity index (χ3v) is 4.57. The molecule has 3 aromatic rings. The summed E-state index contributed by atoms with van der Waals surface area (Å²) in [4.78, 5) is 6.90. The van der Waals surface area contributed by atoms with Gasteiger partial charge in [0.05, 0.1) is 12.8 Å². The van der Waals surface area contributed by atoms with Gasteiger partial charge in [-0.1, -0.05) is 12.1 Å². The molecule has 1 aromatic carbocycles. The van der Waals surface area contributed by atoms with E-state index in [1.54, 1.807) is 13.3 Å². The molecule has 0 atom stereocenters. The molecule has 4 rings (SSSR count). The predicted octanol–water partition coefficient (Wildman–Crippen LogP) is 2.33. The first kappa shape index (κ1) is 15.0. The molecule has 6 heteroatoms. The molecule has 124 valence electrons. The van der Waals surface area contributed by atoms with Crippen LogP contribution in [0.2, 0.25) is 0 Å². The van der Waals surface area contributed by atoms with Gasteiger partial charge in [-0.25, -0.2) is 9.50 Å². The Hall–Kier alpha value is -2.60. The van der Waals surface area contributed by atoms with Crippen LogP contribution in [0.25, 0.3) is 16.8 Å². The molecule has 1 aliphatic heterocycles. The first-order chi connectivity index (χ1) is 11.7. The third-order valence-electron chi connectivity index (χ3n) is 4.57. The van der Waals surface area contributed by atoms with Gasteiger partial charge in [-0.3, -0.25) is 0 Å². The normalized spacial score (nSPS) is 15.8. The van der Waals surface area contributed by atoms with E-state index in [9.17, 15) is 0 Å². The van der Waals surface area contributed by atoms with Crippen LogP contribution in [-0.2, 0) is 0 Å². The van der Waals surface area contributed by atoms with E-state index in [0.717, 1.165) is 54.3 Å². The summed E-state index contributed by atoms with van der Waals surface area (Å²) in [6.45, 7) is 1.88. The number of fused-ring (bicyclic) bond motifs is 1. The number of aromatic nitrogens is 3. The maximum Gasteiger partial charge on any atom is 0.154 e. The van der Waals surface area contributed by atoms with Crippen LogP contribution in [0.15, 0.2) is 42.7 Å². The largest absolute Gasteiger partial charge is 0.497 e. The second kappa shape index (κ2) is 6.13. The number of nitrogens with zero attached hydrogens (tertiary/aromatic N) is 4. The van der Waals surface area contributed by atoms with Crippen molar-refractivity contribution in [1.82, 2.24) is 14.6 Å². The van der Waals surface area contributed by atoms with Crippen LogP contribution in [0.1, 0.15) is 12.8 Å². The molecular formula is C18H21N5O. The van der Waals surface area contributed by atoms with Gasteiger partial charge in [0.2, 0.25) is 0 Å². The lowest BCUT2D eigenvalue weighted by Gasteiger charge is -2.31. The minimum absolute atomic E-state index is 0.304. The van der Waals surface area contributed by atoms with E-state index in [2.05, 4.69) is 16.0 Å². The van der Waals surface area contributed by atoms with E-state index in [4.69, 9.17) is 15.6 Å². The van der Waals surface area contributed by atoms with E-state index in [1.807, 2.05) is 35.0 Å². The predicted molar refractivity (Wildman–Crippen MR) is 94.4 cm³/mol. The number of hydrogen-bond acceptors (Lipinski definition) is 5. The number of rotatable bonds is 3. The second-order valence-corrected chi connectivity index (χ2v) is 6.17. The van der Waals surface area contributed by atoms with Crippen LogP contribution >= 0.6 is 0 Å². The average Bonchev–Trinajstić information content (AvgIpc) is 3.07. The molecule has 0 radical (unpaired) electrons. The lowest BCUT2D eigenvalue weighted by Crippen LogP contribution is -2.40. The third kappa shape index (κ3) is 2.69. The van der Waals surface area contributed by atoms with Gasteiger partial charge in [0.1, 0.15) is 11.3 Å². The number of anilines is 1. The Bertz CT molecular complexity index is 851. The molecule has 1 aliphatic rings. The van der Waals surface area contributed by atoms with Crippen molar-refractivity contribution in [3.63, 3.8) is 0 Å². The van der Waals surface area contributed by atoms with Gasteiger partial charge in [-0.05, 0) is 31.0 Å². The van der Waals surface area contributed by atoms with E-state index < -0.39 is 0 Å². The Balaban J connectivity index is 1.74. The molecule has 24 heavy (non-hydrogen) atoms. The van der Waals surface area contributed by atoms with Crippen molar-refractivity contribution in [2.24, 2.45) is 5.73 Å². The van der Waals surface area contributed by atoms with Crippen LogP contribution in [-0.4, -0.2) is 40.8 Å². The Morgan fingerprint density at radius 2 is 2.04 bits per heavy atom. The molecule has 0 bridgehead atoms. The fourth-order valence-corrected chi connectivity index (χ4v) is 3.19. The number of nitrogens with two attached hydrogens (primary N) is 1. The molecular weight excluding hydrogens is 302 g/mol. The minimum Gasteiger partial charge on any atom is -0.497 e. The van der Waals surface area contributed by atoms with Crippen molar-refractivity contribution in [3.05, 3.63) is 42.7 Å². The van der Waals surface area contributed by atoms with Crippen molar-refractivity contribution in [2.45, 2.75) is 18.9 Å². The van der Waals surface area contributed by atoms with E-state index in [0.29, 0.717) is 6.04 Å². The Labute approximate surface area is 140 Å². The van der Waals surface area contributed by atoms with Gasteiger partial charge in [0, 0.05) is 37.1 Å². The highest BCUT2D eigenvalue weighted by Crippen LogP contribution is 2.28. The Morgan fingerprint density at radius 3 is 2.83 bits per heavy atom. The van der Waals surface area contributed by atoms with Crippen LogP contribution in [0.3, 0.4) is 0 Å². The zero-order valence-electron chi connectivity index (χ0n) is 13.7. The van der Waals surface area contributed by atoms with E-state index >= 15 is 0 Å². The number of methoxy groups -OCH3 is 1. The van der Waals surface area contributed by atoms with Crippen molar-refractivity contribution in [1.29, 1.82) is 0 Å². The quantitative estimate of drug-likeness (QED) is 0.801. The summed E-state index contributed by atoms with van der Waals surface area (Å²) in [6.07, 6.45) is 5.69. The van der Waals surface area contributed by atoms with Gasteiger partial charge in [-0.15, -0.1) is 0 Å². The molecule has 0 saturated carbocycles. The summed E-state index contributed by atoms with van der Waals surface area (Å²) in [5.74, 6) is 1.80. The van der Waals surface area contributed by atoms with E-state index in [-0.39, 0.29) is 0 Å².